The molecule has 3 aromatic rings. The lowest BCUT2D eigenvalue weighted by atomic mass is 10.0. The SMILES string of the molecule is C=CCc1ccccc1.O=C(c1ccccc1)c1ccccc1. The zero-order valence-electron chi connectivity index (χ0n) is 13.1. The van der Waals surface area contributed by atoms with Gasteiger partial charge in [0, 0.05) is 11.1 Å². The second-order valence-corrected chi connectivity index (χ2v) is 5.04. The van der Waals surface area contributed by atoms with Crippen LogP contribution >= 0.6 is 0 Å². The maximum atomic E-state index is 11.8. The van der Waals surface area contributed by atoms with Crippen LogP contribution in [0, 0.1) is 0 Å². The first kappa shape index (κ1) is 16.4. The standard InChI is InChI=1S/C13H10O.C9H10/c14-13(11-7-3-1-4-8-11)12-9-5-2-6-10-12;1-2-6-9-7-4-3-5-8-9/h1-10H;2-5,7-8H,1,6H2. The van der Waals surface area contributed by atoms with Crippen LogP contribution in [-0.4, -0.2) is 5.78 Å². The molecule has 0 bridgehead atoms. The Morgan fingerprint density at radius 2 is 1.09 bits per heavy atom. The van der Waals surface area contributed by atoms with Crippen LogP contribution in [0.5, 0.6) is 0 Å². The second-order valence-electron chi connectivity index (χ2n) is 5.04. The quantitative estimate of drug-likeness (QED) is 0.470. The lowest BCUT2D eigenvalue weighted by molar-refractivity contribution is 0.103. The van der Waals surface area contributed by atoms with E-state index in [4.69, 9.17) is 0 Å². The van der Waals surface area contributed by atoms with Gasteiger partial charge in [0.2, 0.25) is 0 Å². The Kier molecular flexibility index (Phi) is 6.55. The fourth-order valence-corrected chi connectivity index (χ4v) is 2.13. The van der Waals surface area contributed by atoms with Crippen molar-refractivity contribution < 1.29 is 4.79 Å². The van der Waals surface area contributed by atoms with Gasteiger partial charge in [0.15, 0.2) is 5.78 Å². The summed E-state index contributed by atoms with van der Waals surface area (Å²) in [6.07, 6.45) is 2.89. The largest absolute Gasteiger partial charge is 0.289 e. The van der Waals surface area contributed by atoms with Crippen LogP contribution in [0.25, 0.3) is 0 Å². The highest BCUT2D eigenvalue weighted by atomic mass is 16.1. The summed E-state index contributed by atoms with van der Waals surface area (Å²) in [5, 5.41) is 0. The predicted molar refractivity (Wildman–Crippen MR) is 96.7 cm³/mol. The van der Waals surface area contributed by atoms with Crippen LogP contribution in [0.15, 0.2) is 104 Å². The molecule has 0 heterocycles. The van der Waals surface area contributed by atoms with Crippen LogP contribution in [0.4, 0.5) is 0 Å². The van der Waals surface area contributed by atoms with E-state index in [1.54, 1.807) is 0 Å². The minimum Gasteiger partial charge on any atom is -0.289 e. The van der Waals surface area contributed by atoms with Crippen molar-refractivity contribution >= 4 is 5.78 Å². The van der Waals surface area contributed by atoms with Gasteiger partial charge in [0.25, 0.3) is 0 Å². The minimum absolute atomic E-state index is 0.0752. The molecule has 3 aromatic carbocycles. The number of carbonyl (C=O) groups is 1. The van der Waals surface area contributed by atoms with E-state index in [1.165, 1.54) is 5.56 Å². The van der Waals surface area contributed by atoms with Crippen molar-refractivity contribution in [3.05, 3.63) is 120 Å². The smallest absolute Gasteiger partial charge is 0.193 e. The molecule has 1 heteroatoms. The van der Waals surface area contributed by atoms with Gasteiger partial charge in [-0.2, -0.15) is 0 Å². The van der Waals surface area contributed by atoms with E-state index in [9.17, 15) is 4.79 Å². The van der Waals surface area contributed by atoms with E-state index in [0.29, 0.717) is 0 Å². The molecule has 1 nitrogen and oxygen atoms in total. The third-order valence-corrected chi connectivity index (χ3v) is 3.29. The molecule has 0 saturated carbocycles. The Hall–Kier alpha value is -2.93. The van der Waals surface area contributed by atoms with Gasteiger partial charge in [-0.05, 0) is 12.0 Å². The first-order valence-electron chi connectivity index (χ1n) is 7.61. The number of benzene rings is 3. The first-order chi connectivity index (χ1) is 11.3. The third kappa shape index (κ3) is 5.40. The summed E-state index contributed by atoms with van der Waals surface area (Å²) < 4.78 is 0. The van der Waals surface area contributed by atoms with Gasteiger partial charge in [-0.25, -0.2) is 0 Å². The summed E-state index contributed by atoms with van der Waals surface area (Å²) in [7, 11) is 0. The summed E-state index contributed by atoms with van der Waals surface area (Å²) in [5.41, 5.74) is 2.80. The van der Waals surface area contributed by atoms with Gasteiger partial charge >= 0.3 is 0 Å². The van der Waals surface area contributed by atoms with Crippen molar-refractivity contribution in [1.29, 1.82) is 0 Å². The maximum absolute atomic E-state index is 11.8. The molecule has 0 fully saturated rings. The highest BCUT2D eigenvalue weighted by molar-refractivity contribution is 6.08. The molecule has 0 amide bonds. The van der Waals surface area contributed by atoms with Gasteiger partial charge in [0.05, 0.1) is 0 Å². The fraction of sp³-hybridized carbons (Fsp3) is 0.0455. The molecule has 114 valence electrons. The predicted octanol–water partition coefficient (Wildman–Crippen LogP) is 5.33. The molecule has 0 aromatic heterocycles. The number of hydrogen-bond donors (Lipinski definition) is 0. The van der Waals surface area contributed by atoms with Crippen molar-refractivity contribution in [1.82, 2.24) is 0 Å². The summed E-state index contributed by atoms with van der Waals surface area (Å²) in [4.78, 5) is 11.8. The molecule has 23 heavy (non-hydrogen) atoms. The summed E-state index contributed by atoms with van der Waals surface area (Å²) in [5.74, 6) is 0.0752. The highest BCUT2D eigenvalue weighted by Crippen LogP contribution is 2.08. The molecule has 0 atom stereocenters. The van der Waals surface area contributed by atoms with E-state index in [-0.39, 0.29) is 5.78 Å². The second kappa shape index (κ2) is 9.16. The summed E-state index contributed by atoms with van der Waals surface area (Å²) in [6.45, 7) is 3.66. The monoisotopic (exact) mass is 300 g/mol. The van der Waals surface area contributed by atoms with Crippen molar-refractivity contribution in [2.75, 3.05) is 0 Å². The molecular formula is C22H20O. The molecule has 0 unspecified atom stereocenters. The van der Waals surface area contributed by atoms with Gasteiger partial charge in [-0.3, -0.25) is 4.79 Å². The molecule has 0 aliphatic carbocycles. The van der Waals surface area contributed by atoms with Crippen LogP contribution in [0.3, 0.4) is 0 Å². The van der Waals surface area contributed by atoms with E-state index in [1.807, 2.05) is 84.9 Å². The number of ketones is 1. The number of allylic oxidation sites excluding steroid dienone is 1. The van der Waals surface area contributed by atoms with Crippen molar-refractivity contribution in [3.8, 4) is 0 Å². The minimum atomic E-state index is 0.0752. The number of rotatable bonds is 4. The average Bonchev–Trinajstić information content (AvgIpc) is 2.64. The van der Waals surface area contributed by atoms with E-state index < -0.39 is 0 Å². The van der Waals surface area contributed by atoms with Crippen LogP contribution in [-0.2, 0) is 6.42 Å². The van der Waals surface area contributed by atoms with Gasteiger partial charge < -0.3 is 0 Å². The van der Waals surface area contributed by atoms with Gasteiger partial charge in [0.1, 0.15) is 0 Å². The summed E-state index contributed by atoms with van der Waals surface area (Å²) in [6, 6.07) is 28.9. The number of hydrogen-bond acceptors (Lipinski definition) is 1. The van der Waals surface area contributed by atoms with Crippen molar-refractivity contribution in [2.45, 2.75) is 6.42 Å². The topological polar surface area (TPSA) is 17.1 Å². The Morgan fingerprint density at radius 3 is 1.48 bits per heavy atom. The normalized spacial score (nSPS) is 9.39. The Balaban J connectivity index is 0.000000185. The third-order valence-electron chi connectivity index (χ3n) is 3.29. The zero-order valence-corrected chi connectivity index (χ0v) is 13.1. The van der Waals surface area contributed by atoms with E-state index >= 15 is 0 Å². The Bertz CT molecular complexity index is 674. The van der Waals surface area contributed by atoms with Crippen molar-refractivity contribution in [2.24, 2.45) is 0 Å². The van der Waals surface area contributed by atoms with Crippen molar-refractivity contribution in [3.63, 3.8) is 0 Å². The Morgan fingerprint density at radius 1 is 0.696 bits per heavy atom. The molecule has 0 aliphatic rings. The summed E-state index contributed by atoms with van der Waals surface area (Å²) >= 11 is 0. The molecule has 0 radical (unpaired) electrons. The van der Waals surface area contributed by atoms with Gasteiger partial charge in [-0.15, -0.1) is 6.58 Å². The van der Waals surface area contributed by atoms with Crippen LogP contribution in [0.1, 0.15) is 21.5 Å². The molecule has 0 spiro atoms. The maximum Gasteiger partial charge on any atom is 0.193 e. The molecule has 0 saturated heterocycles. The number of carbonyl (C=O) groups excluding carboxylic acids is 1. The fourth-order valence-electron chi connectivity index (χ4n) is 2.13. The van der Waals surface area contributed by atoms with E-state index in [2.05, 4.69) is 18.7 Å². The Labute approximate surface area is 137 Å². The lowest BCUT2D eigenvalue weighted by Gasteiger charge is -1.99. The molecule has 0 N–H and O–H groups in total. The molecular weight excluding hydrogens is 280 g/mol. The highest BCUT2D eigenvalue weighted by Gasteiger charge is 2.06. The molecule has 3 rings (SSSR count). The lowest BCUT2D eigenvalue weighted by Crippen LogP contribution is -1.99. The van der Waals surface area contributed by atoms with E-state index in [0.717, 1.165) is 17.5 Å². The van der Waals surface area contributed by atoms with Crippen LogP contribution in [0.2, 0.25) is 0 Å². The van der Waals surface area contributed by atoms with Crippen LogP contribution < -0.4 is 0 Å². The molecule has 0 aliphatic heterocycles. The first-order valence-corrected chi connectivity index (χ1v) is 7.61. The van der Waals surface area contributed by atoms with Gasteiger partial charge in [-0.1, -0.05) is 97.1 Å². The zero-order chi connectivity index (χ0) is 16.3. The average molecular weight is 300 g/mol.